The Hall–Kier alpha value is -0.240. The number of hydrogen-bond acceptors (Lipinski definition) is 6. The van der Waals surface area contributed by atoms with Crippen LogP contribution in [0.25, 0.3) is 0 Å². The molecular formula is C7H12O6. The zero-order chi connectivity index (χ0) is 9.64. The van der Waals surface area contributed by atoms with Gasteiger partial charge in [0.25, 0.3) is 0 Å². The second kappa shape index (κ2) is 2.88. The molecule has 2 aliphatic rings. The van der Waals surface area contributed by atoms with E-state index in [2.05, 4.69) is 0 Å². The van der Waals surface area contributed by atoms with Crippen molar-refractivity contribution < 1.29 is 29.5 Å². The van der Waals surface area contributed by atoms with Crippen LogP contribution in [0.3, 0.4) is 0 Å². The molecule has 5 atom stereocenters. The minimum atomic E-state index is -1.67. The summed E-state index contributed by atoms with van der Waals surface area (Å²) in [6, 6.07) is 0. The van der Waals surface area contributed by atoms with Gasteiger partial charge < -0.3 is 29.5 Å². The Labute approximate surface area is 74.6 Å². The average molecular weight is 192 g/mol. The number of aliphatic hydroxyl groups excluding tert-OH is 2. The zero-order valence-corrected chi connectivity index (χ0v) is 7.08. The molecule has 6 nitrogen and oxygen atoms in total. The van der Waals surface area contributed by atoms with Gasteiger partial charge in [-0.2, -0.15) is 0 Å². The first-order valence-electron chi connectivity index (χ1n) is 4.02. The standard InChI is InChI=1S/C7H12O6/c1-11-5-4(9)3(2-8)12-7(10)6(5)13-7/h3-6,8-10H,2H2,1H3/t3?,4-,5?,6?,7+/m1/s1. The number of ether oxygens (including phenoxy) is 3. The van der Waals surface area contributed by atoms with E-state index in [0.717, 1.165) is 0 Å². The topological polar surface area (TPSA) is 91.7 Å². The average Bonchev–Trinajstić information content (AvgIpc) is 2.76. The van der Waals surface area contributed by atoms with Crippen molar-refractivity contribution >= 4 is 0 Å². The SMILES string of the molecule is COC1C2O[C@@]2(O)OC(CO)[C@H]1O. The monoisotopic (exact) mass is 192 g/mol. The lowest BCUT2D eigenvalue weighted by Crippen LogP contribution is -2.53. The lowest BCUT2D eigenvalue weighted by Gasteiger charge is -2.31. The minimum Gasteiger partial charge on any atom is -0.394 e. The molecule has 0 aromatic carbocycles. The number of rotatable bonds is 2. The smallest absolute Gasteiger partial charge is 0.312 e. The van der Waals surface area contributed by atoms with Gasteiger partial charge in [0.1, 0.15) is 18.3 Å². The number of fused-ring (bicyclic) bond motifs is 1. The zero-order valence-electron chi connectivity index (χ0n) is 7.08. The van der Waals surface area contributed by atoms with Crippen molar-refractivity contribution in [3.8, 4) is 0 Å². The van der Waals surface area contributed by atoms with E-state index in [9.17, 15) is 10.2 Å². The number of epoxide rings is 1. The first-order valence-corrected chi connectivity index (χ1v) is 4.02. The maximum atomic E-state index is 9.54. The van der Waals surface area contributed by atoms with E-state index in [4.69, 9.17) is 19.3 Å². The van der Waals surface area contributed by atoms with Crippen LogP contribution in [-0.2, 0) is 14.2 Å². The van der Waals surface area contributed by atoms with Crippen LogP contribution in [-0.4, -0.2) is 59.4 Å². The molecule has 0 saturated carbocycles. The van der Waals surface area contributed by atoms with Gasteiger partial charge in [0, 0.05) is 7.11 Å². The Kier molecular flexibility index (Phi) is 2.06. The third-order valence-corrected chi connectivity index (χ3v) is 2.39. The van der Waals surface area contributed by atoms with Crippen LogP contribution in [0.5, 0.6) is 0 Å². The van der Waals surface area contributed by atoms with Gasteiger partial charge in [0.05, 0.1) is 6.61 Å². The molecule has 0 bridgehead atoms. The van der Waals surface area contributed by atoms with Gasteiger partial charge in [-0.05, 0) is 0 Å². The van der Waals surface area contributed by atoms with E-state index in [-0.39, 0.29) is 6.61 Å². The quantitative estimate of drug-likeness (QED) is 0.430. The van der Waals surface area contributed by atoms with Gasteiger partial charge >= 0.3 is 5.97 Å². The van der Waals surface area contributed by atoms with Crippen LogP contribution in [0.15, 0.2) is 0 Å². The molecule has 3 N–H and O–H groups in total. The van der Waals surface area contributed by atoms with Crippen LogP contribution >= 0.6 is 0 Å². The molecular weight excluding hydrogens is 180 g/mol. The van der Waals surface area contributed by atoms with E-state index >= 15 is 0 Å². The van der Waals surface area contributed by atoms with Crippen molar-refractivity contribution in [2.75, 3.05) is 13.7 Å². The van der Waals surface area contributed by atoms with E-state index < -0.39 is 30.4 Å². The largest absolute Gasteiger partial charge is 0.394 e. The van der Waals surface area contributed by atoms with Gasteiger partial charge in [0.2, 0.25) is 0 Å². The third-order valence-electron chi connectivity index (χ3n) is 2.39. The first-order chi connectivity index (χ1) is 6.12. The second-order valence-corrected chi connectivity index (χ2v) is 3.20. The van der Waals surface area contributed by atoms with Crippen LogP contribution in [0.4, 0.5) is 0 Å². The third kappa shape index (κ3) is 1.26. The predicted molar refractivity (Wildman–Crippen MR) is 38.6 cm³/mol. The summed E-state index contributed by atoms with van der Waals surface area (Å²) < 4.78 is 14.6. The van der Waals surface area contributed by atoms with Crippen molar-refractivity contribution in [2.45, 2.75) is 30.4 Å². The van der Waals surface area contributed by atoms with Gasteiger partial charge in [-0.3, -0.25) is 0 Å². The van der Waals surface area contributed by atoms with Gasteiger partial charge in [-0.25, -0.2) is 0 Å². The molecule has 0 aromatic heterocycles. The molecule has 2 rings (SSSR count). The number of hydrogen-bond donors (Lipinski definition) is 3. The summed E-state index contributed by atoms with van der Waals surface area (Å²) >= 11 is 0. The fourth-order valence-corrected chi connectivity index (χ4v) is 1.60. The normalized spacial score (nSPS) is 54.5. The van der Waals surface area contributed by atoms with Crippen molar-refractivity contribution in [1.29, 1.82) is 0 Å². The van der Waals surface area contributed by atoms with E-state index in [0.29, 0.717) is 0 Å². The fraction of sp³-hybridized carbons (Fsp3) is 1.00. The van der Waals surface area contributed by atoms with Crippen LogP contribution in [0.1, 0.15) is 0 Å². The Morgan fingerprint density at radius 2 is 2.15 bits per heavy atom. The van der Waals surface area contributed by atoms with Gasteiger partial charge in [0.15, 0.2) is 6.10 Å². The maximum Gasteiger partial charge on any atom is 0.312 e. The Bertz CT molecular complexity index is 209. The second-order valence-electron chi connectivity index (χ2n) is 3.20. The first kappa shape index (κ1) is 9.32. The molecule has 3 unspecified atom stereocenters. The number of aliphatic hydroxyl groups is 3. The predicted octanol–water partition coefficient (Wildman–Crippen LogP) is -2.20. The molecule has 2 fully saturated rings. The molecule has 2 saturated heterocycles. The van der Waals surface area contributed by atoms with Crippen molar-refractivity contribution in [3.05, 3.63) is 0 Å². The lowest BCUT2D eigenvalue weighted by molar-refractivity contribution is -0.268. The molecule has 2 heterocycles. The molecule has 2 aliphatic heterocycles. The lowest BCUT2D eigenvalue weighted by atomic mass is 10.0. The number of methoxy groups -OCH3 is 1. The maximum absolute atomic E-state index is 9.54. The summed E-state index contributed by atoms with van der Waals surface area (Å²) in [5, 5.41) is 27.8. The highest BCUT2D eigenvalue weighted by molar-refractivity contribution is 5.02. The van der Waals surface area contributed by atoms with E-state index in [1.54, 1.807) is 0 Å². The molecule has 0 aliphatic carbocycles. The van der Waals surface area contributed by atoms with Gasteiger partial charge in [-0.15, -0.1) is 0 Å². The Balaban J connectivity index is 2.12. The molecule has 0 spiro atoms. The van der Waals surface area contributed by atoms with E-state index in [1.807, 2.05) is 0 Å². The van der Waals surface area contributed by atoms with Crippen LogP contribution in [0, 0.1) is 0 Å². The van der Waals surface area contributed by atoms with Crippen LogP contribution in [0.2, 0.25) is 0 Å². The van der Waals surface area contributed by atoms with Crippen molar-refractivity contribution in [1.82, 2.24) is 0 Å². The minimum absolute atomic E-state index is 0.389. The molecule has 76 valence electrons. The highest BCUT2D eigenvalue weighted by atomic mass is 16.9. The van der Waals surface area contributed by atoms with Crippen molar-refractivity contribution in [3.63, 3.8) is 0 Å². The summed E-state index contributed by atoms with van der Waals surface area (Å²) in [6.45, 7) is -0.389. The summed E-state index contributed by atoms with van der Waals surface area (Å²) in [4.78, 5) is 0. The van der Waals surface area contributed by atoms with Crippen molar-refractivity contribution in [2.24, 2.45) is 0 Å². The summed E-state index contributed by atoms with van der Waals surface area (Å²) in [5.74, 6) is -1.67. The summed E-state index contributed by atoms with van der Waals surface area (Å²) in [5.41, 5.74) is 0. The molecule has 0 amide bonds. The Morgan fingerprint density at radius 1 is 1.46 bits per heavy atom. The molecule has 13 heavy (non-hydrogen) atoms. The summed E-state index contributed by atoms with van der Waals surface area (Å²) in [6.07, 6.45) is -3.16. The molecule has 6 heteroatoms. The summed E-state index contributed by atoms with van der Waals surface area (Å²) in [7, 11) is 1.40. The van der Waals surface area contributed by atoms with Gasteiger partial charge in [-0.1, -0.05) is 0 Å². The van der Waals surface area contributed by atoms with E-state index in [1.165, 1.54) is 7.11 Å². The Morgan fingerprint density at radius 3 is 2.69 bits per heavy atom. The fourth-order valence-electron chi connectivity index (χ4n) is 1.60. The highest BCUT2D eigenvalue weighted by Crippen LogP contribution is 2.44. The van der Waals surface area contributed by atoms with Crippen LogP contribution < -0.4 is 0 Å². The highest BCUT2D eigenvalue weighted by Gasteiger charge is 2.68. The molecule has 0 aromatic rings. The molecule has 0 radical (unpaired) electrons.